The molecule has 3 nitrogen and oxygen atoms in total. The van der Waals surface area contributed by atoms with Gasteiger partial charge in [-0.1, -0.05) is 19.1 Å². The number of rotatable bonds is 4. The summed E-state index contributed by atoms with van der Waals surface area (Å²) < 4.78 is 11.0. The molecule has 0 saturated heterocycles. The fourth-order valence-electron chi connectivity index (χ4n) is 2.64. The zero-order chi connectivity index (χ0) is 15.7. The number of ketones is 1. The van der Waals surface area contributed by atoms with Gasteiger partial charge in [-0.3, -0.25) is 4.79 Å². The minimum atomic E-state index is -0.0119. The predicted molar refractivity (Wildman–Crippen MR) is 86.8 cm³/mol. The van der Waals surface area contributed by atoms with Crippen LogP contribution in [-0.2, 0) is 6.42 Å². The van der Waals surface area contributed by atoms with Crippen LogP contribution in [0.3, 0.4) is 0 Å². The summed E-state index contributed by atoms with van der Waals surface area (Å²) in [6.07, 6.45) is 0.685. The lowest BCUT2D eigenvalue weighted by molar-refractivity contribution is 0.103. The third-order valence-electron chi connectivity index (χ3n) is 3.82. The van der Waals surface area contributed by atoms with Crippen molar-refractivity contribution in [2.75, 3.05) is 7.11 Å². The van der Waals surface area contributed by atoms with E-state index in [0.29, 0.717) is 17.5 Å². The summed E-state index contributed by atoms with van der Waals surface area (Å²) in [6, 6.07) is 13.1. The van der Waals surface area contributed by atoms with E-state index in [1.165, 1.54) is 0 Å². The van der Waals surface area contributed by atoms with Crippen LogP contribution < -0.4 is 4.74 Å². The molecule has 0 bridgehead atoms. The standard InChI is InChI=1S/C19H18O3/c1-4-16-18(15-10-5-12(2)11-17(15)22-16)19(20)13-6-8-14(21-3)9-7-13/h5-11H,4H2,1-3H3. The van der Waals surface area contributed by atoms with Gasteiger partial charge < -0.3 is 9.15 Å². The van der Waals surface area contributed by atoms with Crippen LogP contribution in [0.25, 0.3) is 11.0 Å². The number of benzene rings is 2. The number of carbonyl (C=O) groups excluding carboxylic acids is 1. The average Bonchev–Trinajstić information content (AvgIpc) is 2.91. The lowest BCUT2D eigenvalue weighted by Crippen LogP contribution is -2.03. The Morgan fingerprint density at radius 3 is 2.50 bits per heavy atom. The van der Waals surface area contributed by atoms with E-state index in [1.807, 2.05) is 32.0 Å². The van der Waals surface area contributed by atoms with E-state index in [1.54, 1.807) is 31.4 Å². The van der Waals surface area contributed by atoms with E-state index in [2.05, 4.69) is 0 Å². The summed E-state index contributed by atoms with van der Waals surface area (Å²) in [7, 11) is 1.61. The van der Waals surface area contributed by atoms with Gasteiger partial charge in [0.05, 0.1) is 12.7 Å². The molecule has 3 heteroatoms. The smallest absolute Gasteiger partial charge is 0.197 e. The molecule has 112 valence electrons. The van der Waals surface area contributed by atoms with Crippen LogP contribution in [0.4, 0.5) is 0 Å². The topological polar surface area (TPSA) is 39.4 Å². The predicted octanol–water partition coefficient (Wildman–Crippen LogP) is 4.54. The van der Waals surface area contributed by atoms with Crippen LogP contribution >= 0.6 is 0 Å². The van der Waals surface area contributed by atoms with Gasteiger partial charge in [0.2, 0.25) is 0 Å². The molecule has 0 N–H and O–H groups in total. The molecule has 0 aliphatic heterocycles. The number of carbonyl (C=O) groups is 1. The third kappa shape index (κ3) is 2.39. The lowest BCUT2D eigenvalue weighted by Gasteiger charge is -2.03. The van der Waals surface area contributed by atoms with Gasteiger partial charge in [0.1, 0.15) is 17.1 Å². The van der Waals surface area contributed by atoms with Crippen molar-refractivity contribution in [3.05, 3.63) is 64.9 Å². The number of fused-ring (bicyclic) bond motifs is 1. The van der Waals surface area contributed by atoms with Gasteiger partial charge in [0, 0.05) is 17.4 Å². The van der Waals surface area contributed by atoms with Gasteiger partial charge in [-0.05, 0) is 42.8 Å². The first-order chi connectivity index (χ1) is 10.6. The second kappa shape index (κ2) is 5.68. The Kier molecular flexibility index (Phi) is 3.72. The third-order valence-corrected chi connectivity index (χ3v) is 3.82. The normalized spacial score (nSPS) is 10.9. The molecule has 0 atom stereocenters. The molecule has 22 heavy (non-hydrogen) atoms. The molecule has 0 radical (unpaired) electrons. The largest absolute Gasteiger partial charge is 0.497 e. The van der Waals surface area contributed by atoms with Crippen LogP contribution in [-0.4, -0.2) is 12.9 Å². The highest BCUT2D eigenvalue weighted by Gasteiger charge is 2.21. The van der Waals surface area contributed by atoms with Gasteiger partial charge >= 0.3 is 0 Å². The molecule has 0 unspecified atom stereocenters. The van der Waals surface area contributed by atoms with E-state index in [0.717, 1.165) is 28.0 Å². The first-order valence-electron chi connectivity index (χ1n) is 7.34. The monoisotopic (exact) mass is 294 g/mol. The first kappa shape index (κ1) is 14.4. The number of furan rings is 1. The van der Waals surface area contributed by atoms with E-state index < -0.39 is 0 Å². The summed E-state index contributed by atoms with van der Waals surface area (Å²) in [6.45, 7) is 4.01. The number of hydrogen-bond acceptors (Lipinski definition) is 3. The molecule has 0 spiro atoms. The number of methoxy groups -OCH3 is 1. The van der Waals surface area contributed by atoms with Crippen molar-refractivity contribution in [2.45, 2.75) is 20.3 Å². The molecule has 0 fully saturated rings. The zero-order valence-corrected chi connectivity index (χ0v) is 13.0. The SMILES string of the molecule is CCc1oc2cc(C)ccc2c1C(=O)c1ccc(OC)cc1. The van der Waals surface area contributed by atoms with Crippen molar-refractivity contribution in [3.63, 3.8) is 0 Å². The molecule has 1 aromatic heterocycles. The summed E-state index contributed by atoms with van der Waals surface area (Å²) in [5, 5.41) is 0.878. The number of aryl methyl sites for hydroxylation is 2. The van der Waals surface area contributed by atoms with E-state index in [-0.39, 0.29) is 5.78 Å². The molecule has 0 aliphatic rings. The van der Waals surface area contributed by atoms with Gasteiger partial charge in [0.15, 0.2) is 5.78 Å². The Morgan fingerprint density at radius 2 is 1.86 bits per heavy atom. The Bertz CT molecular complexity index is 826. The minimum Gasteiger partial charge on any atom is -0.497 e. The molecule has 2 aromatic carbocycles. The fraction of sp³-hybridized carbons (Fsp3) is 0.211. The fourth-order valence-corrected chi connectivity index (χ4v) is 2.64. The van der Waals surface area contributed by atoms with Gasteiger partial charge in [-0.25, -0.2) is 0 Å². The van der Waals surface area contributed by atoms with Crippen LogP contribution in [0, 0.1) is 6.92 Å². The summed E-state index contributed by atoms with van der Waals surface area (Å²) in [5.41, 5.74) is 3.20. The molecule has 0 amide bonds. The van der Waals surface area contributed by atoms with Crippen molar-refractivity contribution in [1.82, 2.24) is 0 Å². The van der Waals surface area contributed by atoms with Crippen molar-refractivity contribution in [1.29, 1.82) is 0 Å². The van der Waals surface area contributed by atoms with Crippen LogP contribution in [0.5, 0.6) is 5.75 Å². The van der Waals surface area contributed by atoms with Crippen molar-refractivity contribution in [2.24, 2.45) is 0 Å². The highest BCUT2D eigenvalue weighted by Crippen LogP contribution is 2.29. The van der Waals surface area contributed by atoms with Crippen LogP contribution in [0.15, 0.2) is 46.9 Å². The minimum absolute atomic E-state index is 0.0119. The maximum atomic E-state index is 12.9. The Morgan fingerprint density at radius 1 is 1.14 bits per heavy atom. The lowest BCUT2D eigenvalue weighted by atomic mass is 9.99. The molecule has 1 heterocycles. The second-order valence-electron chi connectivity index (χ2n) is 5.31. The molecule has 0 aliphatic carbocycles. The van der Waals surface area contributed by atoms with Crippen molar-refractivity contribution in [3.8, 4) is 5.75 Å². The highest BCUT2D eigenvalue weighted by molar-refractivity contribution is 6.16. The van der Waals surface area contributed by atoms with Crippen LogP contribution in [0.1, 0.15) is 34.2 Å². The molecular formula is C19H18O3. The average molecular weight is 294 g/mol. The zero-order valence-electron chi connectivity index (χ0n) is 13.0. The van der Waals surface area contributed by atoms with Crippen molar-refractivity contribution >= 4 is 16.8 Å². The summed E-state index contributed by atoms with van der Waals surface area (Å²) in [4.78, 5) is 12.9. The van der Waals surface area contributed by atoms with E-state index in [4.69, 9.17) is 9.15 Å². The first-order valence-corrected chi connectivity index (χ1v) is 7.34. The Labute approximate surface area is 129 Å². The van der Waals surface area contributed by atoms with E-state index >= 15 is 0 Å². The Balaban J connectivity index is 2.12. The molecule has 3 aromatic rings. The Hall–Kier alpha value is -2.55. The number of hydrogen-bond donors (Lipinski definition) is 0. The van der Waals surface area contributed by atoms with Gasteiger partial charge in [-0.15, -0.1) is 0 Å². The van der Waals surface area contributed by atoms with Crippen LogP contribution in [0.2, 0.25) is 0 Å². The summed E-state index contributed by atoms with van der Waals surface area (Å²) >= 11 is 0. The second-order valence-corrected chi connectivity index (χ2v) is 5.31. The maximum absolute atomic E-state index is 12.9. The van der Waals surface area contributed by atoms with Crippen molar-refractivity contribution < 1.29 is 13.9 Å². The molecule has 0 saturated carbocycles. The molecular weight excluding hydrogens is 276 g/mol. The maximum Gasteiger partial charge on any atom is 0.197 e. The summed E-state index contributed by atoms with van der Waals surface area (Å²) in [5.74, 6) is 1.46. The van der Waals surface area contributed by atoms with Gasteiger partial charge in [0.25, 0.3) is 0 Å². The van der Waals surface area contributed by atoms with Gasteiger partial charge in [-0.2, -0.15) is 0 Å². The molecule has 3 rings (SSSR count). The van der Waals surface area contributed by atoms with E-state index in [9.17, 15) is 4.79 Å². The number of ether oxygens (including phenoxy) is 1. The quantitative estimate of drug-likeness (QED) is 0.663. The highest BCUT2D eigenvalue weighted by atomic mass is 16.5.